The second-order valence-corrected chi connectivity index (χ2v) is 7.70. The highest BCUT2D eigenvalue weighted by Crippen LogP contribution is 2.18. The number of para-hydroxylation sites is 1. The zero-order chi connectivity index (χ0) is 22.2. The van der Waals surface area contributed by atoms with E-state index in [9.17, 15) is 14.4 Å². The third-order valence-corrected chi connectivity index (χ3v) is 5.50. The van der Waals surface area contributed by atoms with Gasteiger partial charge in [-0.05, 0) is 49.2 Å². The lowest BCUT2D eigenvalue weighted by atomic mass is 10.1. The number of hydrogen-bond donors (Lipinski definition) is 2. The molecule has 0 spiro atoms. The number of aryl methyl sites for hydroxylation is 1. The zero-order valence-electron chi connectivity index (χ0n) is 18.2. The van der Waals surface area contributed by atoms with Gasteiger partial charge in [0.1, 0.15) is 0 Å². The highest BCUT2D eigenvalue weighted by atomic mass is 16.2. The molecule has 2 aromatic rings. The Morgan fingerprint density at radius 2 is 1.58 bits per heavy atom. The lowest BCUT2D eigenvalue weighted by Gasteiger charge is -2.35. The number of nitrogens with zero attached hydrogens (tertiary/aromatic N) is 2. The summed E-state index contributed by atoms with van der Waals surface area (Å²) in [5, 5.41) is 5.57. The molecule has 1 fully saturated rings. The Balaban J connectivity index is 1.39. The largest absolute Gasteiger partial charge is 0.369 e. The van der Waals surface area contributed by atoms with Crippen LogP contribution in [0.4, 0.5) is 11.4 Å². The van der Waals surface area contributed by atoms with Crippen LogP contribution in [0.1, 0.15) is 29.8 Å². The van der Waals surface area contributed by atoms with Gasteiger partial charge in [0.2, 0.25) is 11.8 Å². The molecule has 1 aliphatic heterocycles. The molecule has 0 radical (unpaired) electrons. The van der Waals surface area contributed by atoms with E-state index in [-0.39, 0.29) is 30.7 Å². The fourth-order valence-corrected chi connectivity index (χ4v) is 3.65. The molecule has 2 aromatic carbocycles. The first-order chi connectivity index (χ1) is 15.0. The van der Waals surface area contributed by atoms with Crippen molar-refractivity contribution in [1.82, 2.24) is 10.2 Å². The standard InChI is InChI=1S/C24H30N4O3/c1-3-19-6-4-5-7-22(19)26-23(30)16-25-24(31)17-27-12-14-28(15-13-27)21-10-8-20(9-11-21)18(2)29/h4-11H,3,12-17H2,1-2H3,(H,25,31)(H,26,30). The molecule has 1 aliphatic rings. The van der Waals surface area contributed by atoms with Crippen molar-refractivity contribution >= 4 is 29.0 Å². The average Bonchev–Trinajstić information content (AvgIpc) is 2.78. The molecule has 0 saturated carbocycles. The third-order valence-electron chi connectivity index (χ3n) is 5.50. The molecule has 31 heavy (non-hydrogen) atoms. The monoisotopic (exact) mass is 422 g/mol. The van der Waals surface area contributed by atoms with Crippen LogP contribution in [0.5, 0.6) is 0 Å². The molecule has 0 bridgehead atoms. The van der Waals surface area contributed by atoms with Crippen LogP contribution in [0.25, 0.3) is 0 Å². The van der Waals surface area contributed by atoms with Gasteiger partial charge >= 0.3 is 0 Å². The van der Waals surface area contributed by atoms with E-state index < -0.39 is 0 Å². The van der Waals surface area contributed by atoms with Crippen LogP contribution in [0.3, 0.4) is 0 Å². The molecule has 2 N–H and O–H groups in total. The number of piperazine rings is 1. The summed E-state index contributed by atoms with van der Waals surface area (Å²) in [6, 6.07) is 15.3. The number of hydrogen-bond acceptors (Lipinski definition) is 5. The third kappa shape index (κ3) is 6.39. The first kappa shape index (κ1) is 22.5. The first-order valence-corrected chi connectivity index (χ1v) is 10.7. The zero-order valence-corrected chi connectivity index (χ0v) is 18.2. The SMILES string of the molecule is CCc1ccccc1NC(=O)CNC(=O)CN1CCN(c2ccc(C(C)=O)cc2)CC1. The molecule has 3 rings (SSSR count). The minimum atomic E-state index is -0.229. The van der Waals surface area contributed by atoms with Crippen molar-refractivity contribution in [2.24, 2.45) is 0 Å². The van der Waals surface area contributed by atoms with Gasteiger partial charge in [0.15, 0.2) is 5.78 Å². The molecular formula is C24H30N4O3. The summed E-state index contributed by atoms with van der Waals surface area (Å²) < 4.78 is 0. The van der Waals surface area contributed by atoms with E-state index in [0.29, 0.717) is 5.56 Å². The average molecular weight is 423 g/mol. The smallest absolute Gasteiger partial charge is 0.243 e. The number of rotatable bonds is 8. The molecule has 164 valence electrons. The number of anilines is 2. The summed E-state index contributed by atoms with van der Waals surface area (Å²) in [5.41, 5.74) is 3.65. The van der Waals surface area contributed by atoms with Gasteiger partial charge in [-0.1, -0.05) is 25.1 Å². The second-order valence-electron chi connectivity index (χ2n) is 7.70. The normalized spacial score (nSPS) is 14.2. The maximum atomic E-state index is 12.3. The first-order valence-electron chi connectivity index (χ1n) is 10.7. The lowest BCUT2D eigenvalue weighted by molar-refractivity contribution is -0.125. The summed E-state index contributed by atoms with van der Waals surface area (Å²) in [6.45, 7) is 6.97. The van der Waals surface area contributed by atoms with Crippen molar-refractivity contribution in [3.05, 3.63) is 59.7 Å². The van der Waals surface area contributed by atoms with Crippen LogP contribution >= 0.6 is 0 Å². The van der Waals surface area contributed by atoms with Crippen molar-refractivity contribution in [3.8, 4) is 0 Å². The number of ketones is 1. The Bertz CT molecular complexity index is 919. The Hall–Kier alpha value is -3.19. The van der Waals surface area contributed by atoms with E-state index >= 15 is 0 Å². The molecule has 1 heterocycles. The van der Waals surface area contributed by atoms with Gasteiger partial charge < -0.3 is 15.5 Å². The lowest BCUT2D eigenvalue weighted by Crippen LogP contribution is -2.50. The fourth-order valence-electron chi connectivity index (χ4n) is 3.65. The van der Waals surface area contributed by atoms with E-state index in [1.54, 1.807) is 6.92 Å². The van der Waals surface area contributed by atoms with Gasteiger partial charge in [-0.2, -0.15) is 0 Å². The van der Waals surface area contributed by atoms with Crippen LogP contribution in [0.2, 0.25) is 0 Å². The summed E-state index contributed by atoms with van der Waals surface area (Å²) in [5.74, 6) is -0.322. The van der Waals surface area contributed by atoms with Crippen molar-refractivity contribution in [1.29, 1.82) is 0 Å². The van der Waals surface area contributed by atoms with Crippen molar-refractivity contribution < 1.29 is 14.4 Å². The highest BCUT2D eigenvalue weighted by Gasteiger charge is 2.19. The van der Waals surface area contributed by atoms with E-state index in [4.69, 9.17) is 0 Å². The van der Waals surface area contributed by atoms with Gasteiger partial charge in [-0.15, -0.1) is 0 Å². The predicted octanol–water partition coefficient (Wildman–Crippen LogP) is 2.33. The maximum Gasteiger partial charge on any atom is 0.243 e. The number of nitrogens with one attached hydrogen (secondary N) is 2. The summed E-state index contributed by atoms with van der Waals surface area (Å²) in [7, 11) is 0. The Kier molecular flexibility index (Phi) is 7.78. The van der Waals surface area contributed by atoms with Crippen LogP contribution in [0.15, 0.2) is 48.5 Å². The van der Waals surface area contributed by atoms with Gasteiger partial charge in [-0.25, -0.2) is 0 Å². The second kappa shape index (κ2) is 10.7. The maximum absolute atomic E-state index is 12.3. The number of carbonyl (C=O) groups excluding carboxylic acids is 3. The summed E-state index contributed by atoms with van der Waals surface area (Å²) in [6.07, 6.45) is 0.829. The van der Waals surface area contributed by atoms with E-state index in [0.717, 1.165) is 49.5 Å². The van der Waals surface area contributed by atoms with Gasteiger partial charge in [0, 0.05) is 43.1 Å². The minimum absolute atomic E-state index is 0.0423. The van der Waals surface area contributed by atoms with Crippen LogP contribution in [0, 0.1) is 0 Å². The van der Waals surface area contributed by atoms with Crippen molar-refractivity contribution in [3.63, 3.8) is 0 Å². The predicted molar refractivity (Wildman–Crippen MR) is 123 cm³/mol. The quantitative estimate of drug-likeness (QED) is 0.638. The van der Waals surface area contributed by atoms with Gasteiger partial charge in [-0.3, -0.25) is 19.3 Å². The van der Waals surface area contributed by atoms with E-state index in [1.807, 2.05) is 55.5 Å². The number of carbonyl (C=O) groups is 3. The minimum Gasteiger partial charge on any atom is -0.369 e. The molecule has 0 aromatic heterocycles. The van der Waals surface area contributed by atoms with E-state index in [1.165, 1.54) is 0 Å². The topological polar surface area (TPSA) is 81.8 Å². The van der Waals surface area contributed by atoms with E-state index in [2.05, 4.69) is 20.4 Å². The van der Waals surface area contributed by atoms with Crippen LogP contribution < -0.4 is 15.5 Å². The molecule has 0 aliphatic carbocycles. The van der Waals surface area contributed by atoms with Crippen LogP contribution in [-0.4, -0.2) is 61.8 Å². The Morgan fingerprint density at radius 3 is 2.23 bits per heavy atom. The fraction of sp³-hybridized carbons (Fsp3) is 0.375. The number of benzene rings is 2. The molecule has 7 heteroatoms. The molecule has 0 atom stereocenters. The number of amides is 2. The molecule has 2 amide bonds. The number of Topliss-reactive ketones (excluding diaryl/α,β-unsaturated/α-hetero) is 1. The Labute approximate surface area is 183 Å². The summed E-state index contributed by atoms with van der Waals surface area (Å²) in [4.78, 5) is 40.2. The summed E-state index contributed by atoms with van der Waals surface area (Å²) >= 11 is 0. The highest BCUT2D eigenvalue weighted by molar-refractivity contribution is 5.95. The van der Waals surface area contributed by atoms with Gasteiger partial charge in [0.25, 0.3) is 0 Å². The molecule has 0 unspecified atom stereocenters. The van der Waals surface area contributed by atoms with Gasteiger partial charge in [0.05, 0.1) is 13.1 Å². The molecule has 7 nitrogen and oxygen atoms in total. The molecule has 1 saturated heterocycles. The molecular weight excluding hydrogens is 392 g/mol. The van der Waals surface area contributed by atoms with Crippen molar-refractivity contribution in [2.75, 3.05) is 49.5 Å². The Morgan fingerprint density at radius 1 is 0.903 bits per heavy atom. The van der Waals surface area contributed by atoms with Crippen LogP contribution in [-0.2, 0) is 16.0 Å². The van der Waals surface area contributed by atoms with Crippen molar-refractivity contribution in [2.45, 2.75) is 20.3 Å².